The first kappa shape index (κ1) is 22.9. The van der Waals surface area contributed by atoms with Crippen LogP contribution in [0.15, 0.2) is 60.7 Å². The molecule has 0 aromatic rings. The number of carbonyl (C=O) groups excluding carboxylic acids is 2. The van der Waals surface area contributed by atoms with Crippen molar-refractivity contribution in [1.82, 2.24) is 0 Å². The van der Waals surface area contributed by atoms with Crippen molar-refractivity contribution in [3.8, 4) is 22.3 Å². The summed E-state index contributed by atoms with van der Waals surface area (Å²) in [4.78, 5) is 23.7. The maximum Gasteiger partial charge on any atom is 0.150 e. The normalized spacial score (nSPS) is 12.3. The lowest BCUT2D eigenvalue weighted by Crippen LogP contribution is -2.09. The van der Waals surface area contributed by atoms with Crippen LogP contribution in [0.3, 0.4) is 0 Å². The van der Waals surface area contributed by atoms with Gasteiger partial charge in [0.2, 0.25) is 0 Å². The first-order valence-corrected chi connectivity index (χ1v) is 11.6. The average Bonchev–Trinajstić information content (AvgIpc) is 3.02. The third-order valence-corrected chi connectivity index (χ3v) is 6.64. The number of rotatable bonds is 4. The van der Waals surface area contributed by atoms with Crippen molar-refractivity contribution in [2.45, 2.75) is 58.8 Å². The monoisotopic (exact) mass is 436 g/mol. The predicted molar refractivity (Wildman–Crippen MR) is 137 cm³/mol. The minimum absolute atomic E-state index is 0.0260. The molecule has 0 bridgehead atoms. The Morgan fingerprint density at radius 2 is 0.879 bits per heavy atom. The molecule has 0 aromatic heterocycles. The predicted octanol–water partition coefficient (Wildman–Crippen LogP) is 7.71. The Morgan fingerprint density at radius 1 is 0.545 bits per heavy atom. The quantitative estimate of drug-likeness (QED) is 0.307. The third-order valence-electron chi connectivity index (χ3n) is 6.64. The van der Waals surface area contributed by atoms with E-state index in [1.807, 2.05) is 12.1 Å². The van der Waals surface area contributed by atoms with Crippen LogP contribution in [0.5, 0.6) is 0 Å². The molecule has 0 heterocycles. The fourth-order valence-electron chi connectivity index (χ4n) is 4.61. The van der Waals surface area contributed by atoms with Gasteiger partial charge < -0.3 is 0 Å². The van der Waals surface area contributed by atoms with E-state index in [0.29, 0.717) is 17.5 Å². The molecular formula is C31H32O2. The molecule has 2 heteroatoms. The fraction of sp³-hybridized carbons (Fsp3) is 0.290. The summed E-state index contributed by atoms with van der Waals surface area (Å²) < 4.78 is 0. The second kappa shape index (κ2) is 8.26. The molecule has 4 rings (SSSR count). The molecule has 4 aliphatic rings. The van der Waals surface area contributed by atoms with Crippen molar-refractivity contribution in [3.63, 3.8) is 0 Å². The second-order valence-electron chi connectivity index (χ2n) is 11.1. The van der Waals surface area contributed by atoms with E-state index in [1.165, 1.54) is 11.1 Å². The van der Waals surface area contributed by atoms with Gasteiger partial charge in [-0.25, -0.2) is 0 Å². The molecule has 0 atom stereocenters. The molecule has 0 radical (unpaired) electrons. The summed E-state index contributed by atoms with van der Waals surface area (Å²) in [6.45, 7) is 13.2. The van der Waals surface area contributed by atoms with E-state index in [9.17, 15) is 9.59 Å². The van der Waals surface area contributed by atoms with Crippen molar-refractivity contribution in [2.75, 3.05) is 0 Å². The summed E-state index contributed by atoms with van der Waals surface area (Å²) >= 11 is 0. The summed E-state index contributed by atoms with van der Waals surface area (Å²) in [6.07, 6.45) is 2.55. The van der Waals surface area contributed by atoms with E-state index in [0.717, 1.165) is 46.0 Å². The van der Waals surface area contributed by atoms with Gasteiger partial charge in [0.1, 0.15) is 0 Å². The summed E-state index contributed by atoms with van der Waals surface area (Å²) in [5.74, 6) is 0. The maximum atomic E-state index is 11.9. The Labute approximate surface area is 197 Å². The zero-order chi connectivity index (χ0) is 24.0. The first-order chi connectivity index (χ1) is 15.5. The zero-order valence-electron chi connectivity index (χ0n) is 20.5. The van der Waals surface area contributed by atoms with Gasteiger partial charge in [0.25, 0.3) is 0 Å². The Balaban J connectivity index is 1.85. The van der Waals surface area contributed by atoms with Crippen molar-refractivity contribution >= 4 is 12.6 Å². The number of fused-ring (bicyclic) bond motifs is 2. The molecule has 0 spiro atoms. The molecule has 0 amide bonds. The van der Waals surface area contributed by atoms with Crippen LogP contribution in [-0.2, 0) is 17.3 Å². The Bertz CT molecular complexity index is 1180. The molecule has 0 saturated carbocycles. The topological polar surface area (TPSA) is 34.1 Å². The third kappa shape index (κ3) is 4.35. The summed E-state index contributed by atoms with van der Waals surface area (Å²) in [7, 11) is 0. The lowest BCUT2D eigenvalue weighted by molar-refractivity contribution is 0.111. The second-order valence-corrected chi connectivity index (χ2v) is 11.1. The molecule has 0 aliphatic heterocycles. The molecule has 168 valence electrons. The van der Waals surface area contributed by atoms with E-state index in [-0.39, 0.29) is 10.8 Å². The maximum absolute atomic E-state index is 11.9. The highest BCUT2D eigenvalue weighted by Gasteiger charge is 2.21. The highest BCUT2D eigenvalue weighted by molar-refractivity contribution is 5.94. The van der Waals surface area contributed by atoms with Crippen LogP contribution in [0, 0.1) is 0 Å². The van der Waals surface area contributed by atoms with Crippen LogP contribution in [-0.4, -0.2) is 12.6 Å². The molecule has 0 aromatic carbocycles. The van der Waals surface area contributed by atoms with Gasteiger partial charge in [0.15, 0.2) is 12.6 Å². The highest BCUT2D eigenvalue weighted by Crippen LogP contribution is 2.38. The molecule has 0 N–H and O–H groups in total. The van der Waals surface area contributed by atoms with Crippen molar-refractivity contribution in [3.05, 3.63) is 94.0 Å². The van der Waals surface area contributed by atoms with Gasteiger partial charge in [-0.2, -0.15) is 0 Å². The van der Waals surface area contributed by atoms with Gasteiger partial charge in [-0.3, -0.25) is 9.59 Å². The number of hydrogen-bond acceptors (Lipinski definition) is 2. The van der Waals surface area contributed by atoms with E-state index >= 15 is 0 Å². The molecule has 0 fully saturated rings. The van der Waals surface area contributed by atoms with E-state index < -0.39 is 0 Å². The number of hydrogen-bond donors (Lipinski definition) is 0. The van der Waals surface area contributed by atoms with Gasteiger partial charge >= 0.3 is 0 Å². The first-order valence-electron chi connectivity index (χ1n) is 11.6. The summed E-state index contributed by atoms with van der Waals surface area (Å²) in [6, 6.07) is 21.0. The molecule has 0 saturated heterocycles. The standard InChI is InChI=1S/C31H32O2/c1-30(2,3)24-7-11-26-20(16-22(18-32)28(26)13-9-24)15-21-17-23(19-33)29-14-10-25(31(4,5)6)8-12-27(21)29/h7-14,16-19H,15H2,1-6H3. The van der Waals surface area contributed by atoms with Crippen LogP contribution in [0.25, 0.3) is 22.3 Å². The smallest absolute Gasteiger partial charge is 0.150 e. The zero-order valence-corrected chi connectivity index (χ0v) is 20.5. The van der Waals surface area contributed by atoms with E-state index in [4.69, 9.17) is 0 Å². The van der Waals surface area contributed by atoms with Crippen molar-refractivity contribution in [1.29, 1.82) is 0 Å². The summed E-state index contributed by atoms with van der Waals surface area (Å²) in [5.41, 5.74) is 10.3. The van der Waals surface area contributed by atoms with Crippen LogP contribution in [0.2, 0.25) is 0 Å². The van der Waals surface area contributed by atoms with Crippen LogP contribution >= 0.6 is 0 Å². The number of carbonyl (C=O) groups is 2. The molecule has 33 heavy (non-hydrogen) atoms. The minimum Gasteiger partial charge on any atom is -0.298 e. The largest absolute Gasteiger partial charge is 0.298 e. The Hall–Kier alpha value is -3.26. The molecular weight excluding hydrogens is 404 g/mol. The minimum atomic E-state index is 0.0260. The van der Waals surface area contributed by atoms with Crippen LogP contribution < -0.4 is 0 Å². The lowest BCUT2D eigenvalue weighted by Gasteiger charge is -2.17. The van der Waals surface area contributed by atoms with Gasteiger partial charge in [-0.1, -0.05) is 90.1 Å². The van der Waals surface area contributed by atoms with Gasteiger partial charge in [0.05, 0.1) is 0 Å². The Kier molecular flexibility index (Phi) is 5.74. The summed E-state index contributed by atoms with van der Waals surface area (Å²) in [5, 5.41) is 0. The van der Waals surface area contributed by atoms with Gasteiger partial charge in [-0.05, 0) is 73.9 Å². The van der Waals surface area contributed by atoms with Crippen LogP contribution in [0.1, 0.15) is 84.5 Å². The van der Waals surface area contributed by atoms with Crippen molar-refractivity contribution in [2.24, 2.45) is 0 Å². The molecule has 2 nitrogen and oxygen atoms in total. The van der Waals surface area contributed by atoms with Gasteiger partial charge in [-0.15, -0.1) is 0 Å². The Morgan fingerprint density at radius 3 is 1.18 bits per heavy atom. The van der Waals surface area contributed by atoms with Gasteiger partial charge in [0, 0.05) is 11.1 Å². The molecule has 0 unspecified atom stereocenters. The van der Waals surface area contributed by atoms with Crippen molar-refractivity contribution < 1.29 is 9.59 Å². The number of aldehydes is 2. The van der Waals surface area contributed by atoms with Crippen LogP contribution in [0.4, 0.5) is 0 Å². The SMILES string of the molecule is CC(C)(C)c1ccc2c(C=O)cc(Cc3cc(C=O)c4ccc(C(C)(C)C)ccc3-4)c-2cc1. The lowest BCUT2D eigenvalue weighted by atomic mass is 9.88. The fourth-order valence-corrected chi connectivity index (χ4v) is 4.61. The average molecular weight is 437 g/mol. The molecule has 4 aliphatic carbocycles. The van der Waals surface area contributed by atoms with E-state index in [2.05, 4.69) is 90.1 Å². The highest BCUT2D eigenvalue weighted by atomic mass is 16.1. The van der Waals surface area contributed by atoms with E-state index in [1.54, 1.807) is 0 Å².